The monoisotopic (exact) mass is 230 g/mol. The van der Waals surface area contributed by atoms with E-state index in [0.717, 1.165) is 24.3 Å². The molecule has 1 aromatic carbocycles. The van der Waals surface area contributed by atoms with Gasteiger partial charge in [0.1, 0.15) is 0 Å². The largest absolute Gasteiger partial charge is 0.294 e. The Balaban J connectivity index is 2.01. The minimum Gasteiger partial charge on any atom is -0.294 e. The van der Waals surface area contributed by atoms with Crippen LogP contribution in [0.1, 0.15) is 55.8 Å². The lowest BCUT2D eigenvalue weighted by molar-refractivity contribution is 0.0907. The Labute approximate surface area is 104 Å². The van der Waals surface area contributed by atoms with E-state index in [1.807, 2.05) is 30.3 Å². The van der Waals surface area contributed by atoms with Gasteiger partial charge in [-0.1, -0.05) is 56.5 Å². The van der Waals surface area contributed by atoms with Crippen molar-refractivity contribution in [3.8, 4) is 0 Å². The smallest absolute Gasteiger partial charge is 0.165 e. The third kappa shape index (κ3) is 3.18. The van der Waals surface area contributed by atoms with Crippen molar-refractivity contribution in [2.24, 2.45) is 11.8 Å². The molecular weight excluding hydrogens is 208 g/mol. The van der Waals surface area contributed by atoms with Crippen LogP contribution in [0.2, 0.25) is 0 Å². The second-order valence-electron chi connectivity index (χ2n) is 5.21. The molecule has 1 heteroatoms. The summed E-state index contributed by atoms with van der Waals surface area (Å²) in [5, 5.41) is 0. The van der Waals surface area contributed by atoms with E-state index in [2.05, 4.69) is 6.92 Å². The summed E-state index contributed by atoms with van der Waals surface area (Å²) in [5.41, 5.74) is 0.896. The molecule has 1 aliphatic rings. The predicted molar refractivity (Wildman–Crippen MR) is 71.1 cm³/mol. The fraction of sp³-hybridized carbons (Fsp3) is 0.562. The Morgan fingerprint density at radius 2 is 1.88 bits per heavy atom. The zero-order valence-electron chi connectivity index (χ0n) is 10.7. The molecule has 2 atom stereocenters. The van der Waals surface area contributed by atoms with Crippen molar-refractivity contribution in [1.82, 2.24) is 0 Å². The first-order chi connectivity index (χ1) is 8.31. The molecule has 1 aliphatic carbocycles. The van der Waals surface area contributed by atoms with Gasteiger partial charge in [-0.25, -0.2) is 0 Å². The Morgan fingerprint density at radius 3 is 2.59 bits per heavy atom. The summed E-state index contributed by atoms with van der Waals surface area (Å²) in [7, 11) is 0. The van der Waals surface area contributed by atoms with Crippen LogP contribution in [0.3, 0.4) is 0 Å². The van der Waals surface area contributed by atoms with Crippen molar-refractivity contribution in [2.75, 3.05) is 0 Å². The van der Waals surface area contributed by atoms with Gasteiger partial charge in [-0.3, -0.25) is 4.79 Å². The van der Waals surface area contributed by atoms with Crippen LogP contribution in [0, 0.1) is 11.8 Å². The Morgan fingerprint density at radius 1 is 1.12 bits per heavy atom. The molecule has 2 unspecified atom stereocenters. The van der Waals surface area contributed by atoms with E-state index < -0.39 is 0 Å². The molecule has 17 heavy (non-hydrogen) atoms. The maximum atomic E-state index is 12.3. The van der Waals surface area contributed by atoms with Gasteiger partial charge in [-0.15, -0.1) is 0 Å². The molecule has 1 aromatic rings. The minimum atomic E-state index is 0.272. The number of hydrogen-bond donors (Lipinski definition) is 0. The second kappa shape index (κ2) is 6.00. The van der Waals surface area contributed by atoms with Crippen LogP contribution < -0.4 is 0 Å². The molecule has 0 amide bonds. The topological polar surface area (TPSA) is 17.1 Å². The summed E-state index contributed by atoms with van der Waals surface area (Å²) in [6.07, 6.45) is 7.22. The highest BCUT2D eigenvalue weighted by atomic mass is 16.1. The molecule has 0 N–H and O–H groups in total. The van der Waals surface area contributed by atoms with Gasteiger partial charge in [-0.05, 0) is 25.2 Å². The predicted octanol–water partition coefficient (Wildman–Crippen LogP) is 4.48. The van der Waals surface area contributed by atoms with E-state index in [0.29, 0.717) is 5.78 Å². The molecular formula is C16H22O. The third-order valence-electron chi connectivity index (χ3n) is 4.09. The van der Waals surface area contributed by atoms with E-state index in [1.54, 1.807) is 0 Å². The molecule has 0 saturated heterocycles. The van der Waals surface area contributed by atoms with Gasteiger partial charge in [0.15, 0.2) is 5.78 Å². The van der Waals surface area contributed by atoms with Gasteiger partial charge in [-0.2, -0.15) is 0 Å². The number of carbonyl (C=O) groups is 1. The summed E-state index contributed by atoms with van der Waals surface area (Å²) >= 11 is 0. The lowest BCUT2D eigenvalue weighted by Crippen LogP contribution is -2.14. The number of benzene rings is 1. The molecule has 0 aliphatic heterocycles. The normalized spacial score (nSPS) is 25.2. The summed E-state index contributed by atoms with van der Waals surface area (Å²) in [6, 6.07) is 9.78. The van der Waals surface area contributed by atoms with Crippen LogP contribution in [0.25, 0.3) is 0 Å². The average Bonchev–Trinajstić information content (AvgIpc) is 2.64. The lowest BCUT2D eigenvalue weighted by atomic mass is 9.90. The van der Waals surface area contributed by atoms with Crippen molar-refractivity contribution in [2.45, 2.75) is 45.4 Å². The number of ketones is 1. The lowest BCUT2D eigenvalue weighted by Gasteiger charge is -2.13. The standard InChI is InChI=1S/C16H22O/c1-2-13-7-6-10-15(12-11-13)16(17)14-8-4-3-5-9-14/h3-5,8-9,13,15H,2,6-7,10-12H2,1H3. The first-order valence-corrected chi connectivity index (χ1v) is 6.90. The zero-order chi connectivity index (χ0) is 12.1. The van der Waals surface area contributed by atoms with Gasteiger partial charge in [0, 0.05) is 11.5 Å². The molecule has 0 heterocycles. The van der Waals surface area contributed by atoms with E-state index in [4.69, 9.17) is 0 Å². The van der Waals surface area contributed by atoms with E-state index in [1.165, 1.54) is 25.7 Å². The van der Waals surface area contributed by atoms with Crippen molar-refractivity contribution >= 4 is 5.78 Å². The number of carbonyl (C=O) groups excluding carboxylic acids is 1. The molecule has 1 nitrogen and oxygen atoms in total. The highest BCUT2D eigenvalue weighted by Crippen LogP contribution is 2.30. The first-order valence-electron chi connectivity index (χ1n) is 6.90. The second-order valence-corrected chi connectivity index (χ2v) is 5.21. The van der Waals surface area contributed by atoms with Crippen LogP contribution in [-0.4, -0.2) is 5.78 Å². The van der Waals surface area contributed by atoms with Gasteiger partial charge in [0.05, 0.1) is 0 Å². The quantitative estimate of drug-likeness (QED) is 0.553. The third-order valence-corrected chi connectivity index (χ3v) is 4.09. The Kier molecular flexibility index (Phi) is 4.36. The van der Waals surface area contributed by atoms with Gasteiger partial charge in [0.25, 0.3) is 0 Å². The van der Waals surface area contributed by atoms with Crippen LogP contribution in [0.4, 0.5) is 0 Å². The Hall–Kier alpha value is -1.11. The first kappa shape index (κ1) is 12.3. The van der Waals surface area contributed by atoms with Gasteiger partial charge >= 0.3 is 0 Å². The van der Waals surface area contributed by atoms with Crippen LogP contribution in [0.15, 0.2) is 30.3 Å². The highest BCUT2D eigenvalue weighted by Gasteiger charge is 2.23. The molecule has 0 bridgehead atoms. The van der Waals surface area contributed by atoms with Crippen molar-refractivity contribution in [3.05, 3.63) is 35.9 Å². The number of hydrogen-bond acceptors (Lipinski definition) is 1. The molecule has 2 rings (SSSR count). The summed E-state index contributed by atoms with van der Waals surface area (Å²) in [5.74, 6) is 1.49. The van der Waals surface area contributed by atoms with Crippen molar-refractivity contribution in [1.29, 1.82) is 0 Å². The SMILES string of the molecule is CCC1CCCC(C(=O)c2ccccc2)CC1. The van der Waals surface area contributed by atoms with Crippen LogP contribution in [0.5, 0.6) is 0 Å². The van der Waals surface area contributed by atoms with E-state index in [-0.39, 0.29) is 5.92 Å². The average molecular weight is 230 g/mol. The number of rotatable bonds is 3. The molecule has 1 fully saturated rings. The van der Waals surface area contributed by atoms with Crippen LogP contribution in [-0.2, 0) is 0 Å². The maximum absolute atomic E-state index is 12.3. The molecule has 1 saturated carbocycles. The maximum Gasteiger partial charge on any atom is 0.165 e. The summed E-state index contributed by atoms with van der Waals surface area (Å²) in [4.78, 5) is 12.3. The van der Waals surface area contributed by atoms with E-state index in [9.17, 15) is 4.79 Å². The van der Waals surface area contributed by atoms with Crippen molar-refractivity contribution < 1.29 is 4.79 Å². The van der Waals surface area contributed by atoms with E-state index >= 15 is 0 Å². The fourth-order valence-electron chi connectivity index (χ4n) is 2.89. The Bertz CT molecular complexity index is 355. The molecule has 0 radical (unpaired) electrons. The minimum absolute atomic E-state index is 0.272. The van der Waals surface area contributed by atoms with Gasteiger partial charge in [0.2, 0.25) is 0 Å². The molecule has 0 spiro atoms. The summed E-state index contributed by atoms with van der Waals surface area (Å²) < 4.78 is 0. The fourth-order valence-corrected chi connectivity index (χ4v) is 2.89. The molecule has 92 valence electrons. The van der Waals surface area contributed by atoms with Crippen LogP contribution >= 0.6 is 0 Å². The number of Topliss-reactive ketones (excluding diaryl/α,β-unsaturated/α-hetero) is 1. The van der Waals surface area contributed by atoms with Gasteiger partial charge < -0.3 is 0 Å². The zero-order valence-corrected chi connectivity index (χ0v) is 10.7. The highest BCUT2D eigenvalue weighted by molar-refractivity contribution is 5.97. The summed E-state index contributed by atoms with van der Waals surface area (Å²) in [6.45, 7) is 2.27. The molecule has 0 aromatic heterocycles. The van der Waals surface area contributed by atoms with Crippen molar-refractivity contribution in [3.63, 3.8) is 0 Å².